The molecular weight excluding hydrogens is 228 g/mol. The van der Waals surface area contributed by atoms with E-state index in [0.29, 0.717) is 12.3 Å². The van der Waals surface area contributed by atoms with E-state index in [9.17, 15) is 4.79 Å². The average molecular weight is 244 g/mol. The number of benzene rings is 1. The van der Waals surface area contributed by atoms with Gasteiger partial charge in [0, 0.05) is 18.7 Å². The number of aromatic nitrogens is 1. The molecule has 0 N–H and O–H groups in total. The third-order valence-corrected chi connectivity index (χ3v) is 2.79. The highest BCUT2D eigenvalue weighted by molar-refractivity contribution is 5.95. The highest BCUT2D eigenvalue weighted by Crippen LogP contribution is 2.12. The van der Waals surface area contributed by atoms with Crippen molar-refractivity contribution in [1.82, 2.24) is 10.1 Å². The molecule has 1 heterocycles. The Labute approximate surface area is 106 Å². The number of aryl methyl sites for hydroxylation is 2. The molecule has 0 bridgehead atoms. The Morgan fingerprint density at radius 1 is 1.33 bits per heavy atom. The minimum atomic E-state index is -0.0119. The van der Waals surface area contributed by atoms with Gasteiger partial charge in [0.15, 0.2) is 5.76 Å². The SMILES string of the molecule is Cc1cc(CN(C)C(=O)c2ccccc2C)on1. The Bertz CT molecular complexity index is 560. The lowest BCUT2D eigenvalue weighted by molar-refractivity contribution is 0.0771. The molecule has 0 spiro atoms. The average Bonchev–Trinajstić information content (AvgIpc) is 2.74. The molecule has 0 unspecified atom stereocenters. The smallest absolute Gasteiger partial charge is 0.254 e. The van der Waals surface area contributed by atoms with Gasteiger partial charge in [0.2, 0.25) is 0 Å². The summed E-state index contributed by atoms with van der Waals surface area (Å²) >= 11 is 0. The zero-order valence-corrected chi connectivity index (χ0v) is 10.8. The van der Waals surface area contributed by atoms with E-state index in [1.165, 1.54) is 0 Å². The first-order valence-electron chi connectivity index (χ1n) is 5.81. The van der Waals surface area contributed by atoms with Gasteiger partial charge in [-0.2, -0.15) is 0 Å². The lowest BCUT2D eigenvalue weighted by atomic mass is 10.1. The van der Waals surface area contributed by atoms with Crippen molar-refractivity contribution in [3.8, 4) is 0 Å². The van der Waals surface area contributed by atoms with Crippen molar-refractivity contribution in [3.05, 3.63) is 52.9 Å². The highest BCUT2D eigenvalue weighted by atomic mass is 16.5. The first-order valence-corrected chi connectivity index (χ1v) is 5.81. The second-order valence-electron chi connectivity index (χ2n) is 4.41. The van der Waals surface area contributed by atoms with Crippen LogP contribution in [0.4, 0.5) is 0 Å². The van der Waals surface area contributed by atoms with E-state index in [1.807, 2.05) is 44.2 Å². The number of carbonyl (C=O) groups excluding carboxylic acids is 1. The fourth-order valence-corrected chi connectivity index (χ4v) is 1.81. The summed E-state index contributed by atoms with van der Waals surface area (Å²) in [6.07, 6.45) is 0. The van der Waals surface area contributed by atoms with Crippen molar-refractivity contribution >= 4 is 5.91 Å². The molecule has 0 atom stereocenters. The minimum Gasteiger partial charge on any atom is -0.359 e. The van der Waals surface area contributed by atoms with Crippen LogP contribution in [0.15, 0.2) is 34.9 Å². The number of carbonyl (C=O) groups is 1. The lowest BCUT2D eigenvalue weighted by Gasteiger charge is -2.16. The molecule has 0 radical (unpaired) electrons. The van der Waals surface area contributed by atoms with Crippen LogP contribution in [0.5, 0.6) is 0 Å². The number of hydrogen-bond donors (Lipinski definition) is 0. The van der Waals surface area contributed by atoms with E-state index in [2.05, 4.69) is 5.16 Å². The summed E-state index contributed by atoms with van der Waals surface area (Å²) in [5.41, 5.74) is 2.51. The summed E-state index contributed by atoms with van der Waals surface area (Å²) in [7, 11) is 1.76. The number of rotatable bonds is 3. The summed E-state index contributed by atoms with van der Waals surface area (Å²) in [4.78, 5) is 13.9. The second-order valence-corrected chi connectivity index (χ2v) is 4.41. The van der Waals surface area contributed by atoms with Gasteiger partial charge in [-0.25, -0.2) is 0 Å². The fourth-order valence-electron chi connectivity index (χ4n) is 1.81. The van der Waals surface area contributed by atoms with Crippen LogP contribution < -0.4 is 0 Å². The molecule has 4 heteroatoms. The van der Waals surface area contributed by atoms with Crippen LogP contribution in [0.2, 0.25) is 0 Å². The normalized spacial score (nSPS) is 10.4. The number of nitrogens with zero attached hydrogens (tertiary/aromatic N) is 2. The van der Waals surface area contributed by atoms with Gasteiger partial charge >= 0.3 is 0 Å². The zero-order valence-electron chi connectivity index (χ0n) is 10.8. The first-order chi connectivity index (χ1) is 8.58. The first kappa shape index (κ1) is 12.4. The number of amides is 1. The Kier molecular flexibility index (Phi) is 3.46. The molecule has 0 fully saturated rings. The van der Waals surface area contributed by atoms with Gasteiger partial charge in [0.1, 0.15) is 0 Å². The van der Waals surface area contributed by atoms with Gasteiger partial charge < -0.3 is 9.42 Å². The Balaban J connectivity index is 2.12. The summed E-state index contributed by atoms with van der Waals surface area (Å²) < 4.78 is 5.11. The molecule has 94 valence electrons. The van der Waals surface area contributed by atoms with Crippen LogP contribution in [0, 0.1) is 13.8 Å². The third-order valence-electron chi connectivity index (χ3n) is 2.79. The summed E-state index contributed by atoms with van der Waals surface area (Å²) in [6, 6.07) is 9.39. The maximum atomic E-state index is 12.2. The third kappa shape index (κ3) is 2.59. The Morgan fingerprint density at radius 3 is 2.67 bits per heavy atom. The van der Waals surface area contributed by atoms with Crippen LogP contribution in [0.25, 0.3) is 0 Å². The largest absolute Gasteiger partial charge is 0.359 e. The lowest BCUT2D eigenvalue weighted by Crippen LogP contribution is -2.26. The van der Waals surface area contributed by atoms with Gasteiger partial charge in [-0.15, -0.1) is 0 Å². The molecule has 0 aliphatic carbocycles. The van der Waals surface area contributed by atoms with Crippen molar-refractivity contribution in [2.45, 2.75) is 20.4 Å². The van der Waals surface area contributed by atoms with Crippen LogP contribution in [-0.4, -0.2) is 23.0 Å². The van der Waals surface area contributed by atoms with Gasteiger partial charge in [-0.1, -0.05) is 23.4 Å². The van der Waals surface area contributed by atoms with E-state index in [1.54, 1.807) is 11.9 Å². The Morgan fingerprint density at radius 2 is 2.06 bits per heavy atom. The van der Waals surface area contributed by atoms with Gasteiger partial charge in [-0.3, -0.25) is 4.79 Å². The molecule has 1 amide bonds. The maximum Gasteiger partial charge on any atom is 0.254 e. The molecular formula is C14H16N2O2. The van der Waals surface area contributed by atoms with Crippen molar-refractivity contribution < 1.29 is 9.32 Å². The van der Waals surface area contributed by atoms with E-state index in [4.69, 9.17) is 4.52 Å². The predicted octanol–water partition coefficient (Wildman–Crippen LogP) is 2.56. The molecule has 2 aromatic rings. The molecule has 0 saturated heterocycles. The molecule has 1 aromatic heterocycles. The van der Waals surface area contributed by atoms with Crippen LogP contribution >= 0.6 is 0 Å². The van der Waals surface area contributed by atoms with Crippen molar-refractivity contribution in [3.63, 3.8) is 0 Å². The minimum absolute atomic E-state index is 0.0119. The monoisotopic (exact) mass is 244 g/mol. The van der Waals surface area contributed by atoms with Crippen LogP contribution in [0.1, 0.15) is 27.4 Å². The summed E-state index contributed by atoms with van der Waals surface area (Å²) in [5, 5.41) is 3.81. The molecule has 2 rings (SSSR count). The van der Waals surface area contributed by atoms with E-state index >= 15 is 0 Å². The second kappa shape index (κ2) is 5.04. The van der Waals surface area contributed by atoms with Crippen molar-refractivity contribution in [1.29, 1.82) is 0 Å². The van der Waals surface area contributed by atoms with E-state index < -0.39 is 0 Å². The quantitative estimate of drug-likeness (QED) is 0.833. The van der Waals surface area contributed by atoms with Gasteiger partial charge in [-0.05, 0) is 25.5 Å². The summed E-state index contributed by atoms with van der Waals surface area (Å²) in [5.74, 6) is 0.680. The maximum absolute atomic E-state index is 12.2. The molecule has 18 heavy (non-hydrogen) atoms. The summed E-state index contributed by atoms with van der Waals surface area (Å²) in [6.45, 7) is 4.21. The van der Waals surface area contributed by atoms with Gasteiger partial charge in [0.05, 0.1) is 12.2 Å². The van der Waals surface area contributed by atoms with Crippen molar-refractivity contribution in [2.75, 3.05) is 7.05 Å². The topological polar surface area (TPSA) is 46.3 Å². The molecule has 0 aliphatic heterocycles. The zero-order chi connectivity index (χ0) is 13.1. The van der Waals surface area contributed by atoms with Crippen molar-refractivity contribution in [2.24, 2.45) is 0 Å². The number of hydrogen-bond acceptors (Lipinski definition) is 3. The van der Waals surface area contributed by atoms with Crippen LogP contribution in [-0.2, 0) is 6.54 Å². The standard InChI is InChI=1S/C14H16N2O2/c1-10-6-4-5-7-13(10)14(17)16(3)9-12-8-11(2)15-18-12/h4-8H,9H2,1-3H3. The predicted molar refractivity (Wildman–Crippen MR) is 68.2 cm³/mol. The molecule has 0 saturated carbocycles. The van der Waals surface area contributed by atoms with E-state index in [0.717, 1.165) is 16.8 Å². The van der Waals surface area contributed by atoms with E-state index in [-0.39, 0.29) is 5.91 Å². The fraction of sp³-hybridized carbons (Fsp3) is 0.286. The molecule has 0 aliphatic rings. The van der Waals surface area contributed by atoms with Gasteiger partial charge in [0.25, 0.3) is 5.91 Å². The molecule has 4 nitrogen and oxygen atoms in total. The molecule has 1 aromatic carbocycles. The van der Waals surface area contributed by atoms with Crippen LogP contribution in [0.3, 0.4) is 0 Å². The Hall–Kier alpha value is -2.10. The highest BCUT2D eigenvalue weighted by Gasteiger charge is 2.15.